The normalized spacial score (nSPS) is 11.4. The second kappa shape index (κ2) is 7.13. The van der Waals surface area contributed by atoms with Crippen LogP contribution in [0.4, 0.5) is 10.7 Å². The van der Waals surface area contributed by atoms with Gasteiger partial charge in [-0.15, -0.1) is 11.3 Å². The van der Waals surface area contributed by atoms with Gasteiger partial charge in [0, 0.05) is 26.4 Å². The van der Waals surface area contributed by atoms with E-state index in [9.17, 15) is 13.2 Å². The number of nitrogens with one attached hydrogen (secondary N) is 1. The number of thiophene rings is 1. The van der Waals surface area contributed by atoms with Crippen LogP contribution in [-0.2, 0) is 9.84 Å². The molecule has 21 heavy (non-hydrogen) atoms. The van der Waals surface area contributed by atoms with Crippen molar-refractivity contribution in [3.8, 4) is 0 Å². The van der Waals surface area contributed by atoms with Gasteiger partial charge in [0.2, 0.25) is 0 Å². The van der Waals surface area contributed by atoms with E-state index in [-0.39, 0.29) is 21.4 Å². The number of rotatable bonds is 7. The maximum atomic E-state index is 12.1. The molecular weight excluding hydrogens is 310 g/mol. The van der Waals surface area contributed by atoms with Crippen molar-refractivity contribution in [2.45, 2.75) is 31.6 Å². The molecule has 8 heteroatoms. The Bertz CT molecular complexity index is 608. The topological polar surface area (TPSA) is 92.5 Å². The van der Waals surface area contributed by atoms with Crippen LogP contribution < -0.4 is 16.0 Å². The Morgan fingerprint density at radius 3 is 2.43 bits per heavy atom. The van der Waals surface area contributed by atoms with Gasteiger partial charge in [-0.3, -0.25) is 4.79 Å². The minimum Gasteiger partial charge on any atom is -0.396 e. The minimum absolute atomic E-state index is 0.0480. The third-order valence-electron chi connectivity index (χ3n) is 3.14. The molecule has 0 atom stereocenters. The molecule has 0 saturated carbocycles. The van der Waals surface area contributed by atoms with Crippen LogP contribution >= 0.6 is 11.3 Å². The fourth-order valence-corrected chi connectivity index (χ4v) is 4.76. The Morgan fingerprint density at radius 1 is 1.38 bits per heavy atom. The van der Waals surface area contributed by atoms with Gasteiger partial charge in [0.1, 0.15) is 14.8 Å². The van der Waals surface area contributed by atoms with E-state index in [0.717, 1.165) is 37.0 Å². The summed E-state index contributed by atoms with van der Waals surface area (Å²) in [6.45, 7) is 5.43. The Morgan fingerprint density at radius 2 is 2.00 bits per heavy atom. The molecule has 3 N–H and O–H groups in total. The third-order valence-corrected chi connectivity index (χ3v) is 5.69. The van der Waals surface area contributed by atoms with Gasteiger partial charge in [-0.05, 0) is 13.3 Å². The summed E-state index contributed by atoms with van der Waals surface area (Å²) in [5.74, 6) is -0.361. The van der Waals surface area contributed by atoms with E-state index < -0.39 is 9.84 Å². The molecule has 1 aromatic heterocycles. The van der Waals surface area contributed by atoms with Crippen molar-refractivity contribution in [1.29, 1.82) is 0 Å². The summed E-state index contributed by atoms with van der Waals surface area (Å²) in [5, 5.41) is 3.05. The van der Waals surface area contributed by atoms with Crippen molar-refractivity contribution >= 4 is 37.8 Å². The van der Waals surface area contributed by atoms with Gasteiger partial charge in [0.05, 0.1) is 5.69 Å². The average Bonchev–Trinajstić information content (AvgIpc) is 2.76. The van der Waals surface area contributed by atoms with Crippen molar-refractivity contribution in [2.24, 2.45) is 0 Å². The van der Waals surface area contributed by atoms with Crippen molar-refractivity contribution in [3.63, 3.8) is 0 Å². The van der Waals surface area contributed by atoms with E-state index in [2.05, 4.69) is 12.2 Å². The molecule has 120 valence electrons. The van der Waals surface area contributed by atoms with Crippen molar-refractivity contribution in [3.05, 3.63) is 4.88 Å². The molecular formula is C13H23N3O3S2. The lowest BCUT2D eigenvalue weighted by Crippen LogP contribution is -2.24. The molecule has 1 rings (SSSR count). The summed E-state index contributed by atoms with van der Waals surface area (Å²) in [6, 6.07) is 0. The molecule has 0 aliphatic heterocycles. The van der Waals surface area contributed by atoms with Gasteiger partial charge < -0.3 is 16.0 Å². The number of unbranched alkanes of at least 4 members (excludes halogenated alkanes) is 1. The smallest absolute Gasteiger partial charge is 0.263 e. The first-order chi connectivity index (χ1) is 9.77. The van der Waals surface area contributed by atoms with Gasteiger partial charge in [0.25, 0.3) is 5.91 Å². The number of hydrogen-bond acceptors (Lipinski definition) is 6. The van der Waals surface area contributed by atoms with Crippen LogP contribution in [0.15, 0.2) is 4.90 Å². The van der Waals surface area contributed by atoms with Crippen molar-refractivity contribution in [2.75, 3.05) is 37.0 Å². The van der Waals surface area contributed by atoms with Crippen molar-refractivity contribution in [1.82, 2.24) is 5.32 Å². The van der Waals surface area contributed by atoms with Gasteiger partial charge in [-0.1, -0.05) is 13.3 Å². The quantitative estimate of drug-likeness (QED) is 0.792. The Kier molecular flexibility index (Phi) is 6.03. The molecule has 1 aromatic rings. The standard InChI is InChI=1S/C13H23N3O3S2/c1-5-7-8-16(6-2)13-11(21(4,18)19)9(14)10(20-13)12(17)15-3/h5-8,14H2,1-4H3,(H,15,17). The highest BCUT2D eigenvalue weighted by Crippen LogP contribution is 2.41. The predicted octanol–water partition coefficient (Wildman–Crippen LogP) is 1.72. The zero-order valence-corrected chi connectivity index (χ0v) is 14.5. The zero-order valence-electron chi connectivity index (χ0n) is 12.9. The monoisotopic (exact) mass is 333 g/mol. The fraction of sp³-hybridized carbons (Fsp3) is 0.615. The molecule has 0 bridgehead atoms. The van der Waals surface area contributed by atoms with Crippen LogP contribution in [0.3, 0.4) is 0 Å². The number of anilines is 2. The number of carbonyl (C=O) groups excluding carboxylic acids is 1. The molecule has 0 aliphatic carbocycles. The van der Waals surface area contributed by atoms with E-state index in [1.165, 1.54) is 7.05 Å². The largest absolute Gasteiger partial charge is 0.396 e. The SMILES string of the molecule is CCCCN(CC)c1sc(C(=O)NC)c(N)c1S(C)(=O)=O. The molecule has 0 radical (unpaired) electrons. The van der Waals surface area contributed by atoms with Crippen LogP contribution in [0.25, 0.3) is 0 Å². The Balaban J connectivity index is 3.45. The number of hydrogen-bond donors (Lipinski definition) is 2. The molecule has 1 amide bonds. The second-order valence-electron chi connectivity index (χ2n) is 4.76. The highest BCUT2D eigenvalue weighted by atomic mass is 32.2. The third kappa shape index (κ3) is 3.88. The first-order valence-electron chi connectivity index (χ1n) is 6.87. The Labute approximate surface area is 130 Å². The first-order valence-corrected chi connectivity index (χ1v) is 9.57. The van der Waals surface area contributed by atoms with Crippen LogP contribution in [0.1, 0.15) is 36.4 Å². The van der Waals surface area contributed by atoms with Gasteiger partial charge in [0.15, 0.2) is 9.84 Å². The number of nitrogen functional groups attached to an aromatic ring is 1. The molecule has 0 fully saturated rings. The second-order valence-corrected chi connectivity index (χ2v) is 7.72. The van der Waals surface area contributed by atoms with Crippen LogP contribution in [0.5, 0.6) is 0 Å². The van der Waals surface area contributed by atoms with Crippen LogP contribution in [-0.4, -0.2) is 40.7 Å². The summed E-state index contributed by atoms with van der Waals surface area (Å²) in [5.41, 5.74) is 5.98. The number of nitrogens with two attached hydrogens (primary N) is 1. The molecule has 0 aromatic carbocycles. The highest BCUT2D eigenvalue weighted by Gasteiger charge is 2.29. The number of carbonyl (C=O) groups is 1. The predicted molar refractivity (Wildman–Crippen MR) is 88.0 cm³/mol. The van der Waals surface area contributed by atoms with Crippen LogP contribution in [0, 0.1) is 0 Å². The summed E-state index contributed by atoms with van der Waals surface area (Å²) in [7, 11) is -2.01. The highest BCUT2D eigenvalue weighted by molar-refractivity contribution is 7.91. The molecule has 0 spiro atoms. The zero-order chi connectivity index (χ0) is 16.2. The minimum atomic E-state index is -3.50. The first kappa shape index (κ1) is 17.8. The number of sulfone groups is 1. The van der Waals surface area contributed by atoms with Gasteiger partial charge in [-0.25, -0.2) is 8.42 Å². The molecule has 0 saturated heterocycles. The lowest BCUT2D eigenvalue weighted by molar-refractivity contribution is 0.0968. The van der Waals surface area contributed by atoms with E-state index in [1.54, 1.807) is 0 Å². The van der Waals surface area contributed by atoms with Gasteiger partial charge in [-0.2, -0.15) is 0 Å². The number of amides is 1. The average molecular weight is 333 g/mol. The summed E-state index contributed by atoms with van der Waals surface area (Å²) in [4.78, 5) is 14.1. The summed E-state index contributed by atoms with van der Waals surface area (Å²) >= 11 is 1.14. The molecule has 0 unspecified atom stereocenters. The molecule has 0 aliphatic rings. The van der Waals surface area contributed by atoms with E-state index in [4.69, 9.17) is 5.73 Å². The van der Waals surface area contributed by atoms with E-state index >= 15 is 0 Å². The summed E-state index contributed by atoms with van der Waals surface area (Å²) < 4.78 is 24.1. The fourth-order valence-electron chi connectivity index (χ4n) is 2.02. The lowest BCUT2D eigenvalue weighted by atomic mass is 10.3. The number of nitrogens with zero attached hydrogens (tertiary/aromatic N) is 1. The Hall–Kier alpha value is -1.28. The maximum Gasteiger partial charge on any atom is 0.263 e. The van der Waals surface area contributed by atoms with Gasteiger partial charge >= 0.3 is 0 Å². The van der Waals surface area contributed by atoms with E-state index in [1.807, 2.05) is 11.8 Å². The van der Waals surface area contributed by atoms with Crippen molar-refractivity contribution < 1.29 is 13.2 Å². The lowest BCUT2D eigenvalue weighted by Gasteiger charge is -2.22. The molecule has 6 nitrogen and oxygen atoms in total. The van der Waals surface area contributed by atoms with E-state index in [0.29, 0.717) is 11.5 Å². The molecule has 1 heterocycles. The summed E-state index contributed by atoms with van der Waals surface area (Å²) in [6.07, 6.45) is 3.08. The van der Waals surface area contributed by atoms with Crippen LogP contribution in [0.2, 0.25) is 0 Å². The maximum absolute atomic E-state index is 12.1.